The van der Waals surface area contributed by atoms with Gasteiger partial charge in [0.25, 0.3) is 5.91 Å². The SMILES string of the molecule is COc1cc(F)ccc1CN1CCOC(C(=O)N(Cc2ccc3c(c2)OCCO3)CC(C)C)C1. The molecule has 0 bridgehead atoms. The highest BCUT2D eigenvalue weighted by Gasteiger charge is 2.31. The first kappa shape index (κ1) is 24.3. The predicted octanol–water partition coefficient (Wildman–Crippen LogP) is 3.49. The molecule has 2 heterocycles. The standard InChI is InChI=1S/C26H33FN2O5/c1-18(2)14-29(15-19-4-7-22-24(12-19)34-11-10-33-22)26(30)25-17-28(8-9-32-25)16-20-5-6-21(27)13-23(20)31-3/h4-7,12-13,18,25H,8-11,14-17H2,1-3H3. The van der Waals surface area contributed by atoms with Gasteiger partial charge < -0.3 is 23.8 Å². The number of amides is 1. The van der Waals surface area contributed by atoms with Gasteiger partial charge in [0, 0.05) is 44.4 Å². The minimum absolute atomic E-state index is 0.0284. The zero-order chi connectivity index (χ0) is 24.1. The van der Waals surface area contributed by atoms with Gasteiger partial charge in [-0.25, -0.2) is 4.39 Å². The molecule has 0 radical (unpaired) electrons. The van der Waals surface area contributed by atoms with E-state index in [-0.39, 0.29) is 11.7 Å². The fourth-order valence-corrected chi connectivity index (χ4v) is 4.37. The molecule has 1 atom stereocenters. The van der Waals surface area contributed by atoms with Crippen molar-refractivity contribution in [3.63, 3.8) is 0 Å². The fourth-order valence-electron chi connectivity index (χ4n) is 4.37. The summed E-state index contributed by atoms with van der Waals surface area (Å²) in [4.78, 5) is 17.6. The van der Waals surface area contributed by atoms with Gasteiger partial charge in [0.2, 0.25) is 0 Å². The fraction of sp³-hybridized carbons (Fsp3) is 0.500. The highest BCUT2D eigenvalue weighted by molar-refractivity contribution is 5.81. The van der Waals surface area contributed by atoms with E-state index in [9.17, 15) is 9.18 Å². The summed E-state index contributed by atoms with van der Waals surface area (Å²) in [6.07, 6.45) is -0.559. The third-order valence-electron chi connectivity index (χ3n) is 5.95. The number of benzene rings is 2. The molecule has 2 aromatic carbocycles. The Kier molecular flexibility index (Phi) is 7.90. The second-order valence-electron chi connectivity index (χ2n) is 9.14. The van der Waals surface area contributed by atoms with Crippen molar-refractivity contribution in [2.24, 2.45) is 5.92 Å². The lowest BCUT2D eigenvalue weighted by Crippen LogP contribution is -2.51. The van der Waals surface area contributed by atoms with Crippen molar-refractivity contribution in [1.29, 1.82) is 0 Å². The summed E-state index contributed by atoms with van der Waals surface area (Å²) < 4.78 is 36.1. The number of fused-ring (bicyclic) bond motifs is 1. The monoisotopic (exact) mass is 472 g/mol. The molecule has 2 aromatic rings. The number of nitrogens with zero attached hydrogens (tertiary/aromatic N) is 2. The number of rotatable bonds is 8. The van der Waals surface area contributed by atoms with E-state index in [1.54, 1.807) is 6.07 Å². The molecule has 8 heteroatoms. The first-order valence-corrected chi connectivity index (χ1v) is 11.8. The molecule has 4 rings (SSSR count). The van der Waals surface area contributed by atoms with E-state index in [1.165, 1.54) is 19.2 Å². The van der Waals surface area contributed by atoms with Crippen LogP contribution in [0.2, 0.25) is 0 Å². The van der Waals surface area contributed by atoms with Crippen molar-refractivity contribution in [1.82, 2.24) is 9.80 Å². The van der Waals surface area contributed by atoms with E-state index >= 15 is 0 Å². The van der Waals surface area contributed by atoms with Crippen LogP contribution in [0.25, 0.3) is 0 Å². The van der Waals surface area contributed by atoms with Crippen molar-refractivity contribution in [2.75, 3.05) is 46.6 Å². The lowest BCUT2D eigenvalue weighted by molar-refractivity contribution is -0.151. The van der Waals surface area contributed by atoms with Gasteiger partial charge in [-0.05, 0) is 29.7 Å². The van der Waals surface area contributed by atoms with Gasteiger partial charge in [-0.3, -0.25) is 9.69 Å². The van der Waals surface area contributed by atoms with Crippen molar-refractivity contribution >= 4 is 5.91 Å². The quantitative estimate of drug-likeness (QED) is 0.586. The van der Waals surface area contributed by atoms with Crippen LogP contribution in [-0.4, -0.2) is 68.4 Å². The molecule has 1 amide bonds. The largest absolute Gasteiger partial charge is 0.496 e. The van der Waals surface area contributed by atoms with E-state index in [2.05, 4.69) is 18.7 Å². The van der Waals surface area contributed by atoms with Crippen LogP contribution in [0.4, 0.5) is 4.39 Å². The van der Waals surface area contributed by atoms with Gasteiger partial charge in [-0.1, -0.05) is 26.0 Å². The van der Waals surface area contributed by atoms with Gasteiger partial charge in [0.1, 0.15) is 30.9 Å². The van der Waals surface area contributed by atoms with Crippen molar-refractivity contribution in [3.8, 4) is 17.2 Å². The van der Waals surface area contributed by atoms with Gasteiger partial charge >= 0.3 is 0 Å². The molecular formula is C26H33FN2O5. The normalized spacial score (nSPS) is 18.1. The summed E-state index contributed by atoms with van der Waals surface area (Å²) in [5, 5.41) is 0. The Morgan fingerprint density at radius 3 is 2.71 bits per heavy atom. The summed E-state index contributed by atoms with van der Waals surface area (Å²) in [5.74, 6) is 1.91. The highest BCUT2D eigenvalue weighted by Crippen LogP contribution is 2.31. The molecule has 1 saturated heterocycles. The van der Waals surface area contributed by atoms with Crippen LogP contribution >= 0.6 is 0 Å². The number of hydrogen-bond acceptors (Lipinski definition) is 6. The van der Waals surface area contributed by atoms with E-state index in [0.29, 0.717) is 70.0 Å². The Balaban J connectivity index is 1.44. The molecule has 1 fully saturated rings. The molecule has 7 nitrogen and oxygen atoms in total. The summed E-state index contributed by atoms with van der Waals surface area (Å²) in [6.45, 7) is 8.53. The topological polar surface area (TPSA) is 60.5 Å². The number of morpholine rings is 1. The summed E-state index contributed by atoms with van der Waals surface area (Å²) in [6, 6.07) is 10.4. The van der Waals surface area contributed by atoms with Gasteiger partial charge in [0.05, 0.1) is 13.7 Å². The molecule has 0 aliphatic carbocycles. The number of hydrogen-bond donors (Lipinski definition) is 0. The van der Waals surface area contributed by atoms with Crippen LogP contribution in [0.5, 0.6) is 17.2 Å². The summed E-state index contributed by atoms with van der Waals surface area (Å²) in [5.41, 5.74) is 1.87. The van der Waals surface area contributed by atoms with Gasteiger partial charge in [-0.2, -0.15) is 0 Å². The number of carbonyl (C=O) groups excluding carboxylic acids is 1. The van der Waals surface area contributed by atoms with Crippen LogP contribution in [0.15, 0.2) is 36.4 Å². The van der Waals surface area contributed by atoms with Crippen LogP contribution in [0.3, 0.4) is 0 Å². The smallest absolute Gasteiger partial charge is 0.253 e. The average molecular weight is 473 g/mol. The molecule has 0 spiro atoms. The molecule has 0 aromatic heterocycles. The zero-order valence-corrected chi connectivity index (χ0v) is 20.1. The zero-order valence-electron chi connectivity index (χ0n) is 20.1. The molecular weight excluding hydrogens is 439 g/mol. The minimum atomic E-state index is -0.559. The van der Waals surface area contributed by atoms with E-state index in [0.717, 1.165) is 16.9 Å². The van der Waals surface area contributed by atoms with Crippen LogP contribution in [0.1, 0.15) is 25.0 Å². The first-order chi connectivity index (χ1) is 16.4. The number of halogens is 1. The van der Waals surface area contributed by atoms with Crippen LogP contribution in [-0.2, 0) is 22.6 Å². The predicted molar refractivity (Wildman–Crippen MR) is 126 cm³/mol. The van der Waals surface area contributed by atoms with E-state index < -0.39 is 6.10 Å². The number of ether oxygens (including phenoxy) is 4. The highest BCUT2D eigenvalue weighted by atomic mass is 19.1. The Morgan fingerprint density at radius 2 is 1.94 bits per heavy atom. The Labute approximate surface area is 200 Å². The molecule has 2 aliphatic heterocycles. The Hall–Kier alpha value is -2.84. The first-order valence-electron chi connectivity index (χ1n) is 11.8. The third kappa shape index (κ3) is 5.98. The summed E-state index contributed by atoms with van der Waals surface area (Å²) in [7, 11) is 1.53. The second kappa shape index (κ2) is 11.1. The molecule has 2 aliphatic rings. The number of methoxy groups -OCH3 is 1. The van der Waals surface area contributed by atoms with E-state index in [4.69, 9.17) is 18.9 Å². The molecule has 1 unspecified atom stereocenters. The lowest BCUT2D eigenvalue weighted by Gasteiger charge is -2.36. The van der Waals surface area contributed by atoms with Crippen LogP contribution in [0, 0.1) is 11.7 Å². The second-order valence-corrected chi connectivity index (χ2v) is 9.14. The molecule has 34 heavy (non-hydrogen) atoms. The molecule has 0 N–H and O–H groups in total. The summed E-state index contributed by atoms with van der Waals surface area (Å²) >= 11 is 0. The maximum atomic E-state index is 13.6. The Morgan fingerprint density at radius 1 is 1.15 bits per heavy atom. The maximum absolute atomic E-state index is 13.6. The minimum Gasteiger partial charge on any atom is -0.496 e. The van der Waals surface area contributed by atoms with Crippen molar-refractivity contribution < 1.29 is 28.1 Å². The lowest BCUT2D eigenvalue weighted by atomic mass is 10.1. The van der Waals surface area contributed by atoms with Crippen molar-refractivity contribution in [2.45, 2.75) is 33.0 Å². The van der Waals surface area contributed by atoms with E-state index in [1.807, 2.05) is 23.1 Å². The number of carbonyl (C=O) groups is 1. The molecule has 0 saturated carbocycles. The third-order valence-corrected chi connectivity index (χ3v) is 5.95. The van der Waals surface area contributed by atoms with Crippen molar-refractivity contribution in [3.05, 3.63) is 53.3 Å². The Bertz CT molecular complexity index is 999. The average Bonchev–Trinajstić information content (AvgIpc) is 2.84. The maximum Gasteiger partial charge on any atom is 0.253 e. The molecule has 184 valence electrons. The van der Waals surface area contributed by atoms with Crippen LogP contribution < -0.4 is 14.2 Å². The van der Waals surface area contributed by atoms with Gasteiger partial charge in [0.15, 0.2) is 11.5 Å². The van der Waals surface area contributed by atoms with Gasteiger partial charge in [-0.15, -0.1) is 0 Å².